The number of aliphatic hydroxyl groups is 1. The van der Waals surface area contributed by atoms with E-state index in [0.29, 0.717) is 17.4 Å². The summed E-state index contributed by atoms with van der Waals surface area (Å²) >= 11 is 9.67. The van der Waals surface area contributed by atoms with Crippen LogP contribution in [0, 0.1) is 6.92 Å². The zero-order valence-electron chi connectivity index (χ0n) is 11.4. The lowest BCUT2D eigenvalue weighted by Crippen LogP contribution is -2.06. The lowest BCUT2D eigenvalue weighted by atomic mass is 10.2. The minimum atomic E-state index is 0.00646. The minimum absolute atomic E-state index is 0.00646. The molecule has 0 unspecified atom stereocenters. The van der Waals surface area contributed by atoms with E-state index in [1.54, 1.807) is 0 Å². The molecule has 2 aromatic rings. The largest absolute Gasteiger partial charge is 0.486 e. The van der Waals surface area contributed by atoms with Gasteiger partial charge >= 0.3 is 0 Å². The Labute approximate surface area is 131 Å². The number of nitrogens with zero attached hydrogens (tertiary/aromatic N) is 2. The van der Waals surface area contributed by atoms with Crippen molar-refractivity contribution in [3.8, 4) is 5.75 Å². The van der Waals surface area contributed by atoms with Gasteiger partial charge in [-0.2, -0.15) is 5.10 Å². The van der Waals surface area contributed by atoms with Crippen molar-refractivity contribution in [3.63, 3.8) is 0 Å². The molecule has 0 atom stereocenters. The molecule has 0 aliphatic carbocycles. The van der Waals surface area contributed by atoms with Crippen LogP contribution in [0.15, 0.2) is 22.7 Å². The van der Waals surface area contributed by atoms with Crippen LogP contribution >= 0.6 is 27.5 Å². The number of hydrogen-bond donors (Lipinski definition) is 1. The molecule has 0 saturated carbocycles. The summed E-state index contributed by atoms with van der Waals surface area (Å²) in [6, 6.07) is 5.48. The van der Waals surface area contributed by atoms with Gasteiger partial charge in [0, 0.05) is 6.54 Å². The molecule has 0 spiro atoms. The smallest absolute Gasteiger partial charge is 0.134 e. The summed E-state index contributed by atoms with van der Waals surface area (Å²) in [6.45, 7) is 5.00. The van der Waals surface area contributed by atoms with E-state index in [4.69, 9.17) is 21.4 Å². The van der Waals surface area contributed by atoms with Crippen LogP contribution < -0.4 is 4.74 Å². The first-order valence-corrected chi connectivity index (χ1v) is 7.47. The van der Waals surface area contributed by atoms with Crippen molar-refractivity contribution in [2.45, 2.75) is 33.6 Å². The van der Waals surface area contributed by atoms with Gasteiger partial charge in [0.05, 0.1) is 27.5 Å². The Morgan fingerprint density at radius 1 is 1.45 bits per heavy atom. The summed E-state index contributed by atoms with van der Waals surface area (Å²) < 4.78 is 8.43. The first-order valence-electron chi connectivity index (χ1n) is 6.30. The summed E-state index contributed by atoms with van der Waals surface area (Å²) in [5.74, 6) is 0.708. The van der Waals surface area contributed by atoms with Crippen molar-refractivity contribution in [1.29, 1.82) is 0 Å². The third-order valence-electron chi connectivity index (χ3n) is 3.00. The summed E-state index contributed by atoms with van der Waals surface area (Å²) in [4.78, 5) is 0. The SMILES string of the molecule is CCn1nc(C)c(Cl)c1COc1ccc(CO)cc1Br. The van der Waals surface area contributed by atoms with Crippen molar-refractivity contribution < 1.29 is 9.84 Å². The van der Waals surface area contributed by atoms with E-state index in [1.807, 2.05) is 36.7 Å². The van der Waals surface area contributed by atoms with Crippen LogP contribution in [0.4, 0.5) is 0 Å². The van der Waals surface area contributed by atoms with Gasteiger partial charge in [-0.15, -0.1) is 0 Å². The van der Waals surface area contributed by atoms with Crippen molar-refractivity contribution >= 4 is 27.5 Å². The number of aryl methyl sites for hydroxylation is 2. The number of aliphatic hydroxyl groups excluding tert-OH is 1. The van der Waals surface area contributed by atoms with E-state index in [9.17, 15) is 0 Å². The fourth-order valence-electron chi connectivity index (χ4n) is 1.91. The molecule has 0 radical (unpaired) electrons. The van der Waals surface area contributed by atoms with Crippen LogP contribution in [0.5, 0.6) is 5.75 Å². The molecule has 1 heterocycles. The molecule has 4 nitrogen and oxygen atoms in total. The number of hydrogen-bond acceptors (Lipinski definition) is 3. The highest BCUT2D eigenvalue weighted by atomic mass is 79.9. The second kappa shape index (κ2) is 6.61. The van der Waals surface area contributed by atoms with Crippen LogP contribution in [-0.2, 0) is 19.8 Å². The lowest BCUT2D eigenvalue weighted by molar-refractivity contribution is 0.279. The molecule has 108 valence electrons. The Hall–Kier alpha value is -1.04. The van der Waals surface area contributed by atoms with Crippen molar-refractivity contribution in [1.82, 2.24) is 9.78 Å². The van der Waals surface area contributed by atoms with E-state index in [-0.39, 0.29) is 6.61 Å². The number of halogens is 2. The van der Waals surface area contributed by atoms with Gasteiger partial charge in [-0.25, -0.2) is 0 Å². The van der Waals surface area contributed by atoms with Gasteiger partial charge in [0.15, 0.2) is 0 Å². The average molecular weight is 360 g/mol. The fourth-order valence-corrected chi connectivity index (χ4v) is 2.64. The summed E-state index contributed by atoms with van der Waals surface area (Å²) in [6.07, 6.45) is 0. The number of benzene rings is 1. The molecule has 0 bridgehead atoms. The predicted molar refractivity (Wildman–Crippen MR) is 82.0 cm³/mol. The van der Waals surface area contributed by atoms with Gasteiger partial charge < -0.3 is 9.84 Å². The molecule has 0 aliphatic heterocycles. The first kappa shape index (κ1) is 15.4. The molecular weight excluding hydrogens is 344 g/mol. The van der Waals surface area contributed by atoms with Crippen LogP contribution in [0.25, 0.3) is 0 Å². The van der Waals surface area contributed by atoms with E-state index in [0.717, 1.165) is 28.0 Å². The maximum atomic E-state index is 9.08. The number of rotatable bonds is 5. The summed E-state index contributed by atoms with van der Waals surface area (Å²) in [7, 11) is 0. The van der Waals surface area contributed by atoms with Crippen molar-refractivity contribution in [3.05, 3.63) is 44.6 Å². The Morgan fingerprint density at radius 2 is 2.20 bits per heavy atom. The minimum Gasteiger partial charge on any atom is -0.486 e. The third kappa shape index (κ3) is 3.16. The molecule has 6 heteroatoms. The highest BCUT2D eigenvalue weighted by molar-refractivity contribution is 9.10. The second-order valence-electron chi connectivity index (χ2n) is 4.37. The highest BCUT2D eigenvalue weighted by Gasteiger charge is 2.13. The van der Waals surface area contributed by atoms with Gasteiger partial charge in [-0.05, 0) is 47.5 Å². The molecule has 0 fully saturated rings. The third-order valence-corrected chi connectivity index (χ3v) is 4.11. The van der Waals surface area contributed by atoms with Gasteiger partial charge in [0.2, 0.25) is 0 Å². The number of aromatic nitrogens is 2. The zero-order chi connectivity index (χ0) is 14.7. The molecular formula is C14H16BrClN2O2. The Morgan fingerprint density at radius 3 is 2.80 bits per heavy atom. The van der Waals surface area contributed by atoms with E-state index in [2.05, 4.69) is 21.0 Å². The van der Waals surface area contributed by atoms with Crippen molar-refractivity contribution in [2.24, 2.45) is 0 Å². The maximum Gasteiger partial charge on any atom is 0.134 e. The zero-order valence-corrected chi connectivity index (χ0v) is 13.7. The molecule has 1 aromatic carbocycles. The Kier molecular flexibility index (Phi) is 5.07. The van der Waals surface area contributed by atoms with Crippen LogP contribution in [0.3, 0.4) is 0 Å². The monoisotopic (exact) mass is 358 g/mol. The number of ether oxygens (including phenoxy) is 1. The summed E-state index contributed by atoms with van der Waals surface area (Å²) in [5, 5.41) is 14.1. The topological polar surface area (TPSA) is 47.3 Å². The van der Waals surface area contributed by atoms with Crippen LogP contribution in [0.1, 0.15) is 23.9 Å². The first-order chi connectivity index (χ1) is 9.56. The standard InChI is InChI=1S/C14H16BrClN2O2/c1-3-18-12(14(16)9(2)17-18)8-20-13-5-4-10(7-19)6-11(13)15/h4-6,19H,3,7-8H2,1-2H3. The molecule has 0 amide bonds. The van der Waals surface area contributed by atoms with Gasteiger partial charge in [-0.3, -0.25) is 4.68 Å². The van der Waals surface area contributed by atoms with Crippen molar-refractivity contribution in [2.75, 3.05) is 0 Å². The molecule has 0 saturated heterocycles. The van der Waals surface area contributed by atoms with E-state index in [1.165, 1.54) is 0 Å². The molecule has 1 aromatic heterocycles. The van der Waals surface area contributed by atoms with Gasteiger partial charge in [0.1, 0.15) is 12.4 Å². The van der Waals surface area contributed by atoms with E-state index < -0.39 is 0 Å². The quantitative estimate of drug-likeness (QED) is 0.885. The fraction of sp³-hybridized carbons (Fsp3) is 0.357. The molecule has 2 rings (SSSR count). The predicted octanol–water partition coefficient (Wildman–Crippen LogP) is 3.70. The lowest BCUT2D eigenvalue weighted by Gasteiger charge is -2.10. The van der Waals surface area contributed by atoms with E-state index >= 15 is 0 Å². The van der Waals surface area contributed by atoms with Crippen LogP contribution in [0.2, 0.25) is 5.02 Å². The normalized spacial score (nSPS) is 10.8. The molecule has 0 aliphatic rings. The summed E-state index contributed by atoms with van der Waals surface area (Å²) in [5.41, 5.74) is 2.50. The van der Waals surface area contributed by atoms with Gasteiger partial charge in [0.25, 0.3) is 0 Å². The van der Waals surface area contributed by atoms with Gasteiger partial charge in [-0.1, -0.05) is 17.7 Å². The van der Waals surface area contributed by atoms with Crippen LogP contribution in [-0.4, -0.2) is 14.9 Å². The molecule has 1 N–H and O–H groups in total. The second-order valence-corrected chi connectivity index (χ2v) is 5.61. The Bertz CT molecular complexity index is 613. The highest BCUT2D eigenvalue weighted by Crippen LogP contribution is 2.28. The molecule has 20 heavy (non-hydrogen) atoms. The Balaban J connectivity index is 2.17. The average Bonchev–Trinajstić information content (AvgIpc) is 2.73. The maximum absolute atomic E-state index is 9.08.